The Hall–Kier alpha value is -1.66. The third kappa shape index (κ3) is 1.90. The van der Waals surface area contributed by atoms with Crippen LogP contribution in [0.25, 0.3) is 5.03 Å². The number of nitriles is 1. The monoisotopic (exact) mass is 221 g/mol. The molecular formula is C11H8ClNO2. The van der Waals surface area contributed by atoms with Crippen molar-refractivity contribution < 1.29 is 9.47 Å². The van der Waals surface area contributed by atoms with E-state index in [4.69, 9.17) is 26.3 Å². The van der Waals surface area contributed by atoms with Gasteiger partial charge in [0.1, 0.15) is 13.2 Å². The van der Waals surface area contributed by atoms with Gasteiger partial charge in [0.05, 0.1) is 11.1 Å². The molecule has 1 aliphatic heterocycles. The zero-order valence-corrected chi connectivity index (χ0v) is 8.62. The Morgan fingerprint density at radius 1 is 1.40 bits per heavy atom. The normalized spacial score (nSPS) is 14.5. The standard InChI is InChI=1S/C11H8ClNO2/c12-9(4-5-13)8-2-1-3-10-11(8)15-7-6-14-10/h1-4H,6-7H2/b9-4-. The Labute approximate surface area is 92.5 Å². The molecule has 0 unspecified atom stereocenters. The van der Waals surface area contributed by atoms with Crippen molar-refractivity contribution in [2.45, 2.75) is 0 Å². The van der Waals surface area contributed by atoms with Crippen molar-refractivity contribution in [3.05, 3.63) is 29.8 Å². The van der Waals surface area contributed by atoms with Crippen LogP contribution in [0.1, 0.15) is 5.56 Å². The van der Waals surface area contributed by atoms with E-state index >= 15 is 0 Å². The SMILES string of the molecule is N#C/C=C(\Cl)c1cccc2c1OCCO2. The Morgan fingerprint density at radius 2 is 2.20 bits per heavy atom. The zero-order chi connectivity index (χ0) is 10.7. The summed E-state index contributed by atoms with van der Waals surface area (Å²) in [5.41, 5.74) is 0.690. The summed E-state index contributed by atoms with van der Waals surface area (Å²) in [6, 6.07) is 7.31. The van der Waals surface area contributed by atoms with Crippen molar-refractivity contribution in [2.24, 2.45) is 0 Å². The number of hydrogen-bond donors (Lipinski definition) is 0. The summed E-state index contributed by atoms with van der Waals surface area (Å²) in [6.45, 7) is 1.04. The topological polar surface area (TPSA) is 42.2 Å². The largest absolute Gasteiger partial charge is 0.486 e. The van der Waals surface area contributed by atoms with E-state index in [9.17, 15) is 0 Å². The fourth-order valence-electron chi connectivity index (χ4n) is 1.40. The van der Waals surface area contributed by atoms with Crippen molar-refractivity contribution in [3.8, 4) is 17.6 Å². The number of para-hydroxylation sites is 1. The van der Waals surface area contributed by atoms with Crippen molar-refractivity contribution in [1.82, 2.24) is 0 Å². The molecular weight excluding hydrogens is 214 g/mol. The highest BCUT2D eigenvalue weighted by atomic mass is 35.5. The molecule has 1 aliphatic rings. The maximum Gasteiger partial charge on any atom is 0.170 e. The highest BCUT2D eigenvalue weighted by Crippen LogP contribution is 2.38. The van der Waals surface area contributed by atoms with Gasteiger partial charge in [0.15, 0.2) is 11.5 Å². The molecule has 1 aromatic carbocycles. The molecule has 0 radical (unpaired) electrons. The Kier molecular flexibility index (Phi) is 2.79. The molecule has 1 heterocycles. The van der Waals surface area contributed by atoms with Crippen LogP contribution in [-0.2, 0) is 0 Å². The molecule has 0 saturated heterocycles. The lowest BCUT2D eigenvalue weighted by molar-refractivity contribution is 0.171. The van der Waals surface area contributed by atoms with Crippen molar-refractivity contribution >= 4 is 16.6 Å². The number of nitrogens with zero attached hydrogens (tertiary/aromatic N) is 1. The van der Waals surface area contributed by atoms with Gasteiger partial charge in [0.2, 0.25) is 0 Å². The molecule has 0 fully saturated rings. The first-order valence-corrected chi connectivity index (χ1v) is 4.85. The summed E-state index contributed by atoms with van der Waals surface area (Å²) in [6.07, 6.45) is 1.27. The van der Waals surface area contributed by atoms with Crippen molar-refractivity contribution in [2.75, 3.05) is 13.2 Å². The van der Waals surface area contributed by atoms with E-state index in [-0.39, 0.29) is 0 Å². The molecule has 4 heteroatoms. The molecule has 0 spiro atoms. The molecule has 1 aromatic rings. The van der Waals surface area contributed by atoms with E-state index in [1.54, 1.807) is 6.07 Å². The Balaban J connectivity index is 2.49. The van der Waals surface area contributed by atoms with Gasteiger partial charge in [0.25, 0.3) is 0 Å². The van der Waals surface area contributed by atoms with Gasteiger partial charge in [-0.1, -0.05) is 17.7 Å². The molecule has 0 atom stereocenters. The smallest absolute Gasteiger partial charge is 0.170 e. The molecule has 0 aliphatic carbocycles. The first-order chi connectivity index (χ1) is 7.33. The van der Waals surface area contributed by atoms with Crippen LogP contribution in [0.2, 0.25) is 0 Å². The van der Waals surface area contributed by atoms with E-state index in [0.717, 1.165) is 0 Å². The highest BCUT2D eigenvalue weighted by Gasteiger charge is 2.16. The average Bonchev–Trinajstić information content (AvgIpc) is 2.28. The van der Waals surface area contributed by atoms with Gasteiger partial charge in [-0.05, 0) is 12.1 Å². The number of halogens is 1. The van der Waals surface area contributed by atoms with Crippen LogP contribution < -0.4 is 9.47 Å². The van der Waals surface area contributed by atoms with Crippen molar-refractivity contribution in [1.29, 1.82) is 5.26 Å². The van der Waals surface area contributed by atoms with E-state index in [1.165, 1.54) is 6.08 Å². The summed E-state index contributed by atoms with van der Waals surface area (Å²) in [5, 5.41) is 8.88. The first kappa shape index (κ1) is 9.88. The predicted octanol–water partition coefficient (Wildman–Crippen LogP) is 2.56. The summed E-state index contributed by atoms with van der Waals surface area (Å²) in [5.74, 6) is 1.28. The molecule has 2 rings (SSSR count). The van der Waals surface area contributed by atoms with E-state index < -0.39 is 0 Å². The number of fused-ring (bicyclic) bond motifs is 1. The lowest BCUT2D eigenvalue weighted by Crippen LogP contribution is -2.16. The van der Waals surface area contributed by atoms with Crippen LogP contribution in [0.15, 0.2) is 24.3 Å². The minimum absolute atomic E-state index is 0.361. The number of ether oxygens (including phenoxy) is 2. The summed E-state index contributed by atoms with van der Waals surface area (Å²) in [4.78, 5) is 0. The van der Waals surface area contributed by atoms with Crippen molar-refractivity contribution in [3.63, 3.8) is 0 Å². The summed E-state index contributed by atoms with van der Waals surface area (Å²) >= 11 is 5.95. The molecule has 3 nitrogen and oxygen atoms in total. The molecule has 0 aromatic heterocycles. The number of hydrogen-bond acceptors (Lipinski definition) is 3. The van der Waals surface area contributed by atoms with Gasteiger partial charge < -0.3 is 9.47 Å². The van der Waals surface area contributed by atoms with Crippen LogP contribution in [0.5, 0.6) is 11.5 Å². The van der Waals surface area contributed by atoms with Gasteiger partial charge in [-0.25, -0.2) is 0 Å². The maximum atomic E-state index is 8.52. The molecule has 0 saturated carbocycles. The van der Waals surface area contributed by atoms with Gasteiger partial charge in [-0.15, -0.1) is 0 Å². The lowest BCUT2D eigenvalue weighted by Gasteiger charge is -2.20. The fourth-order valence-corrected chi connectivity index (χ4v) is 1.59. The number of allylic oxidation sites excluding steroid dienone is 1. The number of benzene rings is 1. The number of rotatable bonds is 1. The zero-order valence-electron chi connectivity index (χ0n) is 7.87. The van der Waals surface area contributed by atoms with Crippen LogP contribution >= 0.6 is 11.6 Å². The third-order valence-corrected chi connectivity index (χ3v) is 2.33. The van der Waals surface area contributed by atoms with E-state index in [0.29, 0.717) is 35.3 Å². The molecule has 0 amide bonds. The molecule has 76 valence electrons. The van der Waals surface area contributed by atoms with Crippen LogP contribution in [-0.4, -0.2) is 13.2 Å². The van der Waals surface area contributed by atoms with Crippen LogP contribution in [0.4, 0.5) is 0 Å². The van der Waals surface area contributed by atoms with Gasteiger partial charge in [-0.3, -0.25) is 0 Å². The first-order valence-electron chi connectivity index (χ1n) is 4.47. The van der Waals surface area contributed by atoms with Crippen LogP contribution in [0.3, 0.4) is 0 Å². The summed E-state index contributed by atoms with van der Waals surface area (Å²) in [7, 11) is 0. The molecule has 15 heavy (non-hydrogen) atoms. The highest BCUT2D eigenvalue weighted by molar-refractivity contribution is 6.49. The van der Waals surface area contributed by atoms with E-state index in [1.807, 2.05) is 18.2 Å². The van der Waals surface area contributed by atoms with Gasteiger partial charge in [-0.2, -0.15) is 5.26 Å². The van der Waals surface area contributed by atoms with Crippen LogP contribution in [0, 0.1) is 11.3 Å². The van der Waals surface area contributed by atoms with E-state index in [2.05, 4.69) is 0 Å². The third-order valence-electron chi connectivity index (χ3n) is 2.01. The summed E-state index contributed by atoms with van der Waals surface area (Å²) < 4.78 is 10.9. The Bertz CT molecular complexity index is 448. The molecule has 0 bridgehead atoms. The second-order valence-electron chi connectivity index (χ2n) is 2.95. The Morgan fingerprint density at radius 3 is 3.00 bits per heavy atom. The minimum atomic E-state index is 0.361. The van der Waals surface area contributed by atoms with Gasteiger partial charge >= 0.3 is 0 Å². The molecule has 0 N–H and O–H groups in total. The lowest BCUT2D eigenvalue weighted by atomic mass is 10.1. The maximum absolute atomic E-state index is 8.52. The van der Waals surface area contributed by atoms with Gasteiger partial charge in [0, 0.05) is 11.6 Å². The predicted molar refractivity (Wildman–Crippen MR) is 56.9 cm³/mol. The second-order valence-corrected chi connectivity index (χ2v) is 3.36. The quantitative estimate of drug-likeness (QED) is 0.685. The minimum Gasteiger partial charge on any atom is -0.486 e. The second kappa shape index (κ2) is 4.24. The average molecular weight is 222 g/mol. The fraction of sp³-hybridized carbons (Fsp3) is 0.182.